The maximum Gasteiger partial charge on any atom is 0.354 e. The Hall–Kier alpha value is -2.89. The monoisotopic (exact) mass is 340 g/mol. The average Bonchev–Trinajstić information content (AvgIpc) is 3.14. The van der Waals surface area contributed by atoms with Crippen LogP contribution >= 0.6 is 0 Å². The van der Waals surface area contributed by atoms with Gasteiger partial charge in [-0.2, -0.15) is 0 Å². The number of hydrogen-bond acceptors (Lipinski definition) is 4. The first-order chi connectivity index (χ1) is 12.1. The smallest absolute Gasteiger partial charge is 0.354 e. The standard InChI is InChI=1S/C19H20N2O4/c22-18(14-9-10-16(19(23)24)20-12-14)21-11-13-5-1-4-8-17(13)25-15-6-2-3-7-15/h1,4-5,8-10,12,15H,2-3,6-7,11H2,(H,21,22)(H,23,24). The molecule has 6 nitrogen and oxygen atoms in total. The molecule has 0 spiro atoms. The molecule has 0 bridgehead atoms. The summed E-state index contributed by atoms with van der Waals surface area (Å²) in [7, 11) is 0. The second-order valence-corrected chi connectivity index (χ2v) is 6.05. The lowest BCUT2D eigenvalue weighted by Gasteiger charge is -2.16. The van der Waals surface area contributed by atoms with Crippen molar-refractivity contribution in [2.24, 2.45) is 0 Å². The van der Waals surface area contributed by atoms with Gasteiger partial charge in [0.1, 0.15) is 11.4 Å². The molecule has 0 radical (unpaired) electrons. The fraction of sp³-hybridized carbons (Fsp3) is 0.316. The predicted molar refractivity (Wildman–Crippen MR) is 91.7 cm³/mol. The van der Waals surface area contributed by atoms with Crippen LogP contribution in [0.1, 0.15) is 52.1 Å². The largest absolute Gasteiger partial charge is 0.490 e. The van der Waals surface area contributed by atoms with Crippen molar-refractivity contribution in [3.05, 3.63) is 59.4 Å². The van der Waals surface area contributed by atoms with Gasteiger partial charge in [-0.05, 0) is 43.9 Å². The number of carbonyl (C=O) groups is 2. The van der Waals surface area contributed by atoms with Crippen LogP contribution in [-0.2, 0) is 6.54 Å². The number of carboxylic acid groups (broad SMARTS) is 1. The van der Waals surface area contributed by atoms with Gasteiger partial charge < -0.3 is 15.2 Å². The molecule has 1 aliphatic carbocycles. The third kappa shape index (κ3) is 4.35. The van der Waals surface area contributed by atoms with E-state index in [2.05, 4.69) is 10.3 Å². The van der Waals surface area contributed by atoms with Gasteiger partial charge in [0, 0.05) is 18.3 Å². The SMILES string of the molecule is O=C(NCc1ccccc1OC1CCCC1)c1ccc(C(=O)O)nc1. The Balaban J connectivity index is 1.62. The number of aromatic carboxylic acids is 1. The molecule has 3 rings (SSSR count). The van der Waals surface area contributed by atoms with Crippen molar-refractivity contribution in [2.75, 3.05) is 0 Å². The molecule has 1 aromatic carbocycles. The third-order valence-corrected chi connectivity index (χ3v) is 4.25. The Bertz CT molecular complexity index is 752. The number of hydrogen-bond donors (Lipinski definition) is 2. The van der Waals surface area contributed by atoms with Crippen molar-refractivity contribution < 1.29 is 19.4 Å². The third-order valence-electron chi connectivity index (χ3n) is 4.25. The molecule has 1 fully saturated rings. The molecule has 6 heteroatoms. The zero-order valence-electron chi connectivity index (χ0n) is 13.8. The van der Waals surface area contributed by atoms with Gasteiger partial charge in [0.15, 0.2) is 0 Å². The molecule has 25 heavy (non-hydrogen) atoms. The highest BCUT2D eigenvalue weighted by atomic mass is 16.5. The molecular weight excluding hydrogens is 320 g/mol. The van der Waals surface area contributed by atoms with E-state index in [-0.39, 0.29) is 17.7 Å². The number of carbonyl (C=O) groups excluding carboxylic acids is 1. The molecule has 0 aliphatic heterocycles. The van der Waals surface area contributed by atoms with E-state index in [1.807, 2.05) is 24.3 Å². The van der Waals surface area contributed by atoms with Crippen molar-refractivity contribution >= 4 is 11.9 Å². The fourth-order valence-electron chi connectivity index (χ4n) is 2.88. The average molecular weight is 340 g/mol. The number of benzene rings is 1. The maximum absolute atomic E-state index is 12.2. The van der Waals surface area contributed by atoms with Crippen LogP contribution in [0.15, 0.2) is 42.6 Å². The molecule has 1 amide bonds. The van der Waals surface area contributed by atoms with Gasteiger partial charge in [0.25, 0.3) is 5.91 Å². The normalized spacial score (nSPS) is 14.2. The lowest BCUT2D eigenvalue weighted by atomic mass is 10.2. The van der Waals surface area contributed by atoms with Crippen molar-refractivity contribution in [1.29, 1.82) is 0 Å². The summed E-state index contributed by atoms with van der Waals surface area (Å²) in [6, 6.07) is 10.4. The molecule has 0 atom stereocenters. The maximum atomic E-state index is 12.2. The number of amides is 1. The summed E-state index contributed by atoms with van der Waals surface area (Å²) in [5.74, 6) is -0.626. The molecular formula is C19H20N2O4. The Morgan fingerprint density at radius 3 is 2.60 bits per heavy atom. The Morgan fingerprint density at radius 1 is 1.16 bits per heavy atom. The minimum absolute atomic E-state index is 0.0909. The molecule has 1 aliphatic rings. The number of ether oxygens (including phenoxy) is 1. The van der Waals surface area contributed by atoms with Crippen molar-refractivity contribution in [3.63, 3.8) is 0 Å². The summed E-state index contributed by atoms with van der Waals surface area (Å²) >= 11 is 0. The van der Waals surface area contributed by atoms with Gasteiger partial charge in [0.05, 0.1) is 11.7 Å². The first kappa shape index (κ1) is 17.0. The first-order valence-corrected chi connectivity index (χ1v) is 8.35. The minimum atomic E-state index is -1.12. The summed E-state index contributed by atoms with van der Waals surface area (Å²) in [6.07, 6.45) is 6.06. The zero-order valence-corrected chi connectivity index (χ0v) is 13.8. The molecule has 130 valence electrons. The van der Waals surface area contributed by atoms with Gasteiger partial charge in [-0.25, -0.2) is 9.78 Å². The number of para-hydroxylation sites is 1. The predicted octanol–water partition coefficient (Wildman–Crippen LogP) is 3.03. The van der Waals surface area contributed by atoms with E-state index >= 15 is 0 Å². The van der Waals surface area contributed by atoms with Gasteiger partial charge in [-0.1, -0.05) is 18.2 Å². The number of rotatable bonds is 6. The summed E-state index contributed by atoms with van der Waals surface area (Å²) in [6.45, 7) is 0.336. The quantitative estimate of drug-likeness (QED) is 0.844. The van der Waals surface area contributed by atoms with Gasteiger partial charge in [0.2, 0.25) is 0 Å². The van der Waals surface area contributed by atoms with Gasteiger partial charge >= 0.3 is 5.97 Å². The molecule has 0 saturated heterocycles. The van der Waals surface area contributed by atoms with Crippen LogP contribution < -0.4 is 10.1 Å². The van der Waals surface area contributed by atoms with E-state index < -0.39 is 5.97 Å². The summed E-state index contributed by atoms with van der Waals surface area (Å²) in [5.41, 5.74) is 1.14. The highest BCUT2D eigenvalue weighted by Gasteiger charge is 2.18. The minimum Gasteiger partial charge on any atom is -0.490 e. The lowest BCUT2D eigenvalue weighted by Crippen LogP contribution is -2.24. The van der Waals surface area contributed by atoms with Crippen molar-refractivity contribution in [3.8, 4) is 5.75 Å². The van der Waals surface area contributed by atoms with Crippen LogP contribution in [0.4, 0.5) is 0 Å². The van der Waals surface area contributed by atoms with E-state index in [0.29, 0.717) is 12.1 Å². The Kier molecular flexibility index (Phi) is 5.28. The number of carboxylic acids is 1. The number of aromatic nitrogens is 1. The highest BCUT2D eigenvalue weighted by molar-refractivity contribution is 5.94. The van der Waals surface area contributed by atoms with Crippen LogP contribution in [0.3, 0.4) is 0 Å². The van der Waals surface area contributed by atoms with Crippen molar-refractivity contribution in [2.45, 2.75) is 38.3 Å². The van der Waals surface area contributed by atoms with Crippen LogP contribution in [0.25, 0.3) is 0 Å². The molecule has 1 saturated carbocycles. The zero-order chi connectivity index (χ0) is 17.6. The summed E-state index contributed by atoms with van der Waals surface area (Å²) in [4.78, 5) is 26.8. The van der Waals surface area contributed by atoms with E-state index in [0.717, 1.165) is 24.2 Å². The molecule has 0 unspecified atom stereocenters. The van der Waals surface area contributed by atoms with Crippen LogP contribution in [0.2, 0.25) is 0 Å². The van der Waals surface area contributed by atoms with E-state index in [4.69, 9.17) is 9.84 Å². The first-order valence-electron chi connectivity index (χ1n) is 8.35. The fourth-order valence-corrected chi connectivity index (χ4v) is 2.88. The van der Waals surface area contributed by atoms with E-state index in [1.54, 1.807) is 0 Å². The van der Waals surface area contributed by atoms with Crippen LogP contribution in [0.5, 0.6) is 5.75 Å². The number of nitrogens with zero attached hydrogens (tertiary/aromatic N) is 1. The summed E-state index contributed by atoms with van der Waals surface area (Å²) in [5, 5.41) is 11.7. The molecule has 1 heterocycles. The number of nitrogens with one attached hydrogen (secondary N) is 1. The van der Waals surface area contributed by atoms with E-state index in [1.165, 1.54) is 31.2 Å². The Labute approximate surface area is 145 Å². The topological polar surface area (TPSA) is 88.5 Å². The molecule has 1 aromatic heterocycles. The Morgan fingerprint density at radius 2 is 1.92 bits per heavy atom. The molecule has 2 N–H and O–H groups in total. The lowest BCUT2D eigenvalue weighted by molar-refractivity contribution is 0.0689. The molecule has 2 aromatic rings. The van der Waals surface area contributed by atoms with E-state index in [9.17, 15) is 9.59 Å². The second-order valence-electron chi connectivity index (χ2n) is 6.05. The van der Waals surface area contributed by atoms with Gasteiger partial charge in [-0.3, -0.25) is 4.79 Å². The second kappa shape index (κ2) is 7.79. The highest BCUT2D eigenvalue weighted by Crippen LogP contribution is 2.26. The van der Waals surface area contributed by atoms with Gasteiger partial charge in [-0.15, -0.1) is 0 Å². The van der Waals surface area contributed by atoms with Crippen LogP contribution in [-0.4, -0.2) is 28.1 Å². The van der Waals surface area contributed by atoms with Crippen molar-refractivity contribution in [1.82, 2.24) is 10.3 Å². The number of pyridine rings is 1. The van der Waals surface area contributed by atoms with Crippen LogP contribution in [0, 0.1) is 0 Å². The summed E-state index contributed by atoms with van der Waals surface area (Å²) < 4.78 is 6.06.